The van der Waals surface area contributed by atoms with Crippen molar-refractivity contribution in [3.05, 3.63) is 83.3 Å². The van der Waals surface area contributed by atoms with E-state index >= 15 is 0 Å². The van der Waals surface area contributed by atoms with Crippen LogP contribution in [0.2, 0.25) is 0 Å². The Hall–Kier alpha value is -2.63. The molecule has 0 unspecified atom stereocenters. The number of fused-ring (bicyclic) bond motifs is 1. The average Bonchev–Trinajstić information content (AvgIpc) is 3.44. The number of hydrogen-bond donors (Lipinski definition) is 0. The lowest BCUT2D eigenvalue weighted by Crippen LogP contribution is -2.36. The Kier molecular flexibility index (Phi) is 5.04. The molecule has 2 fully saturated rings. The van der Waals surface area contributed by atoms with Gasteiger partial charge in [0.25, 0.3) is 0 Å². The molecule has 0 amide bonds. The maximum atomic E-state index is 15.0. The molecule has 3 nitrogen and oxygen atoms in total. The zero-order valence-corrected chi connectivity index (χ0v) is 18.9. The van der Waals surface area contributed by atoms with E-state index in [1.807, 2.05) is 12.1 Å². The van der Waals surface area contributed by atoms with E-state index in [0.717, 1.165) is 54.1 Å². The van der Waals surface area contributed by atoms with Crippen LogP contribution in [-0.4, -0.2) is 28.0 Å². The molecule has 4 aromatic rings. The van der Waals surface area contributed by atoms with E-state index in [1.54, 1.807) is 6.07 Å². The van der Waals surface area contributed by atoms with Gasteiger partial charge in [-0.05, 0) is 67.7 Å². The molecule has 32 heavy (non-hydrogen) atoms. The molecule has 1 saturated carbocycles. The fourth-order valence-electron chi connectivity index (χ4n) is 5.26. The van der Waals surface area contributed by atoms with Crippen molar-refractivity contribution >= 4 is 21.7 Å². The summed E-state index contributed by atoms with van der Waals surface area (Å²) in [5, 5.41) is 0.706. The second kappa shape index (κ2) is 8.05. The predicted molar refractivity (Wildman–Crippen MR) is 128 cm³/mol. The molecule has 2 aliphatic rings. The van der Waals surface area contributed by atoms with Crippen molar-refractivity contribution in [2.45, 2.75) is 44.1 Å². The van der Waals surface area contributed by atoms with E-state index in [9.17, 15) is 4.39 Å². The molecule has 1 aliphatic carbocycles. The Bertz CT molecular complexity index is 1260. The highest BCUT2D eigenvalue weighted by Gasteiger charge is 2.38. The summed E-state index contributed by atoms with van der Waals surface area (Å²) < 4.78 is 15.0. The van der Waals surface area contributed by atoms with Gasteiger partial charge in [-0.15, -0.1) is 0 Å². The van der Waals surface area contributed by atoms with Gasteiger partial charge in [-0.1, -0.05) is 60.6 Å². The highest BCUT2D eigenvalue weighted by molar-refractivity contribution is 7.21. The smallest absolute Gasteiger partial charge is 0.144 e. The molecule has 3 heterocycles. The second-order valence-electron chi connectivity index (χ2n) is 9.14. The summed E-state index contributed by atoms with van der Waals surface area (Å²) in [4.78, 5) is 13.0. The summed E-state index contributed by atoms with van der Waals surface area (Å²) in [5.41, 5.74) is 4.88. The Labute approximate surface area is 192 Å². The first-order chi connectivity index (χ1) is 15.7. The van der Waals surface area contributed by atoms with Crippen LogP contribution in [0.1, 0.15) is 48.9 Å². The van der Waals surface area contributed by atoms with Crippen LogP contribution in [0.15, 0.2) is 60.7 Å². The first-order valence-corrected chi connectivity index (χ1v) is 12.4. The molecule has 6 rings (SSSR count). The summed E-state index contributed by atoms with van der Waals surface area (Å²) in [6, 6.07) is 20.5. The highest BCUT2D eigenvalue weighted by Crippen LogP contribution is 2.46. The van der Waals surface area contributed by atoms with E-state index < -0.39 is 0 Å². The number of nitrogens with zero attached hydrogens (tertiary/aromatic N) is 3. The topological polar surface area (TPSA) is 29.0 Å². The van der Waals surface area contributed by atoms with E-state index in [2.05, 4.69) is 47.4 Å². The number of halogens is 1. The molecule has 0 N–H and O–H groups in total. The molecule has 2 aromatic heterocycles. The molecule has 162 valence electrons. The van der Waals surface area contributed by atoms with Crippen LogP contribution in [0.4, 0.5) is 4.39 Å². The van der Waals surface area contributed by atoms with Gasteiger partial charge in [-0.3, -0.25) is 4.90 Å². The molecule has 0 atom stereocenters. The molecular formula is C27H26FN3S. The SMILES string of the molecule is Fc1cc(CN2CCC2)ccc1-c1nc2ccc(C3(c4ccccc4)CCCC3)nc2s1. The zero-order valence-electron chi connectivity index (χ0n) is 18.1. The molecular weight excluding hydrogens is 417 g/mol. The minimum absolute atomic E-state index is 0.0244. The molecule has 1 saturated heterocycles. The van der Waals surface area contributed by atoms with E-state index in [4.69, 9.17) is 9.97 Å². The lowest BCUT2D eigenvalue weighted by Gasteiger charge is -2.30. The predicted octanol–water partition coefficient (Wildman–Crippen LogP) is 6.56. The minimum atomic E-state index is -0.196. The van der Waals surface area contributed by atoms with Crippen molar-refractivity contribution in [3.8, 4) is 10.6 Å². The third kappa shape index (κ3) is 3.44. The maximum absolute atomic E-state index is 15.0. The fraction of sp³-hybridized carbons (Fsp3) is 0.333. The molecule has 0 spiro atoms. The lowest BCUT2D eigenvalue weighted by molar-refractivity contribution is 0.172. The first kappa shape index (κ1) is 20.0. The van der Waals surface area contributed by atoms with E-state index in [0.29, 0.717) is 10.6 Å². The van der Waals surface area contributed by atoms with Gasteiger partial charge in [-0.25, -0.2) is 14.4 Å². The van der Waals surface area contributed by atoms with Gasteiger partial charge in [0.2, 0.25) is 0 Å². The van der Waals surface area contributed by atoms with Crippen LogP contribution in [0.3, 0.4) is 0 Å². The first-order valence-electron chi connectivity index (χ1n) is 11.6. The van der Waals surface area contributed by atoms with Crippen LogP contribution >= 0.6 is 11.3 Å². The van der Waals surface area contributed by atoms with Crippen LogP contribution < -0.4 is 0 Å². The standard InChI is InChI=1S/C27H26FN3S/c28-22-17-19(18-31-15-6-16-31)9-10-21(22)25-29-23-11-12-24(30-26(23)32-25)27(13-4-5-14-27)20-7-2-1-3-8-20/h1-3,7-12,17H,4-6,13-16,18H2. The summed E-state index contributed by atoms with van der Waals surface area (Å²) >= 11 is 1.49. The van der Waals surface area contributed by atoms with E-state index in [1.165, 1.54) is 36.2 Å². The van der Waals surface area contributed by atoms with Gasteiger partial charge >= 0.3 is 0 Å². The number of aromatic nitrogens is 2. The van der Waals surface area contributed by atoms with Crippen molar-refractivity contribution in [1.29, 1.82) is 0 Å². The number of pyridine rings is 1. The van der Waals surface area contributed by atoms with Gasteiger partial charge in [-0.2, -0.15) is 0 Å². The highest BCUT2D eigenvalue weighted by atomic mass is 32.1. The van der Waals surface area contributed by atoms with Crippen molar-refractivity contribution in [2.75, 3.05) is 13.1 Å². The molecule has 0 radical (unpaired) electrons. The fourth-order valence-corrected chi connectivity index (χ4v) is 6.22. The third-order valence-electron chi connectivity index (χ3n) is 7.15. The summed E-state index contributed by atoms with van der Waals surface area (Å²) in [5.74, 6) is -0.196. The average molecular weight is 444 g/mol. The molecule has 1 aliphatic heterocycles. The van der Waals surface area contributed by atoms with Gasteiger partial charge in [0.05, 0.1) is 5.69 Å². The van der Waals surface area contributed by atoms with Crippen LogP contribution in [0.25, 0.3) is 20.9 Å². The number of likely N-dealkylation sites (tertiary alicyclic amines) is 1. The summed E-state index contributed by atoms with van der Waals surface area (Å²) in [7, 11) is 0. The van der Waals surface area contributed by atoms with Gasteiger partial charge in [0, 0.05) is 17.5 Å². The molecule has 5 heteroatoms. The van der Waals surface area contributed by atoms with Crippen molar-refractivity contribution in [2.24, 2.45) is 0 Å². The zero-order chi connectivity index (χ0) is 21.5. The normalized spacial score (nSPS) is 18.2. The maximum Gasteiger partial charge on any atom is 0.144 e. The van der Waals surface area contributed by atoms with Crippen molar-refractivity contribution in [1.82, 2.24) is 14.9 Å². The second-order valence-corrected chi connectivity index (χ2v) is 10.1. The Morgan fingerprint density at radius 2 is 1.72 bits per heavy atom. The number of rotatable bonds is 5. The Morgan fingerprint density at radius 1 is 0.906 bits per heavy atom. The summed E-state index contributed by atoms with van der Waals surface area (Å²) in [6.45, 7) is 3.04. The third-order valence-corrected chi connectivity index (χ3v) is 8.15. The van der Waals surface area contributed by atoms with E-state index in [-0.39, 0.29) is 11.2 Å². The largest absolute Gasteiger partial charge is 0.299 e. The Morgan fingerprint density at radius 3 is 2.44 bits per heavy atom. The molecule has 2 aromatic carbocycles. The van der Waals surface area contributed by atoms with Crippen LogP contribution in [-0.2, 0) is 12.0 Å². The van der Waals surface area contributed by atoms with Gasteiger partial charge in [0.15, 0.2) is 0 Å². The summed E-state index contributed by atoms with van der Waals surface area (Å²) in [6.07, 6.45) is 5.92. The molecule has 0 bridgehead atoms. The lowest BCUT2D eigenvalue weighted by atomic mass is 9.76. The van der Waals surface area contributed by atoms with Gasteiger partial charge < -0.3 is 0 Å². The van der Waals surface area contributed by atoms with Crippen LogP contribution in [0.5, 0.6) is 0 Å². The van der Waals surface area contributed by atoms with Crippen molar-refractivity contribution in [3.63, 3.8) is 0 Å². The Balaban J connectivity index is 1.35. The number of benzene rings is 2. The van der Waals surface area contributed by atoms with Crippen molar-refractivity contribution < 1.29 is 4.39 Å². The monoisotopic (exact) mass is 443 g/mol. The number of thiazole rings is 1. The van der Waals surface area contributed by atoms with Crippen LogP contribution in [0, 0.1) is 5.82 Å². The quantitative estimate of drug-likeness (QED) is 0.350. The minimum Gasteiger partial charge on any atom is -0.299 e. The number of hydrogen-bond acceptors (Lipinski definition) is 4. The van der Waals surface area contributed by atoms with Gasteiger partial charge in [0.1, 0.15) is 21.2 Å².